The molecule has 0 fully saturated rings. The second kappa shape index (κ2) is 6.07. The molecule has 102 valence electrons. The molecule has 0 amide bonds. The predicted octanol–water partition coefficient (Wildman–Crippen LogP) is 4.11. The number of nitrogens with zero attached hydrogens (tertiary/aromatic N) is 1. The van der Waals surface area contributed by atoms with Crippen molar-refractivity contribution in [2.45, 2.75) is 59.6 Å². The van der Waals surface area contributed by atoms with Crippen LogP contribution in [-0.2, 0) is 0 Å². The highest BCUT2D eigenvalue weighted by molar-refractivity contribution is 5.39. The average molecular weight is 250 g/mol. The van der Waals surface area contributed by atoms with Gasteiger partial charge in [0.25, 0.3) is 0 Å². The fourth-order valence-corrected chi connectivity index (χ4v) is 1.85. The van der Waals surface area contributed by atoms with Crippen molar-refractivity contribution < 1.29 is 4.74 Å². The highest BCUT2D eigenvalue weighted by atomic mass is 16.5. The van der Waals surface area contributed by atoms with E-state index in [4.69, 9.17) is 4.74 Å². The monoisotopic (exact) mass is 250 g/mol. The molecule has 0 aromatic carbocycles. The van der Waals surface area contributed by atoms with E-state index >= 15 is 0 Å². The molecule has 0 saturated carbocycles. The standard InChI is InChI=1S/C15H26N2O/c1-11(2)10-12(3)18-14-9-7-8-13(16-14)17-15(4,5)6/h7-9,11-12H,10H2,1-6H3,(H,16,17). The van der Waals surface area contributed by atoms with Gasteiger partial charge in [-0.3, -0.25) is 0 Å². The lowest BCUT2D eigenvalue weighted by Crippen LogP contribution is -2.26. The Hall–Kier alpha value is -1.25. The van der Waals surface area contributed by atoms with Gasteiger partial charge in [0, 0.05) is 11.6 Å². The number of hydrogen-bond donors (Lipinski definition) is 1. The van der Waals surface area contributed by atoms with Crippen molar-refractivity contribution in [1.29, 1.82) is 0 Å². The Kier molecular flexibility index (Phi) is 5.00. The van der Waals surface area contributed by atoms with Crippen molar-refractivity contribution in [2.75, 3.05) is 5.32 Å². The number of hydrogen-bond acceptors (Lipinski definition) is 3. The zero-order valence-electron chi connectivity index (χ0n) is 12.4. The molecule has 3 nitrogen and oxygen atoms in total. The van der Waals surface area contributed by atoms with Crippen LogP contribution in [0, 0.1) is 5.92 Å². The number of rotatable bonds is 5. The van der Waals surface area contributed by atoms with Crippen LogP contribution < -0.4 is 10.1 Å². The molecule has 0 spiro atoms. The number of ether oxygens (including phenoxy) is 1. The summed E-state index contributed by atoms with van der Waals surface area (Å²) in [6.45, 7) is 12.8. The molecule has 0 aliphatic heterocycles. The van der Waals surface area contributed by atoms with Gasteiger partial charge in [0.1, 0.15) is 5.82 Å². The molecule has 1 N–H and O–H groups in total. The van der Waals surface area contributed by atoms with Crippen LogP contribution in [0.25, 0.3) is 0 Å². The summed E-state index contributed by atoms with van der Waals surface area (Å²) in [6, 6.07) is 5.84. The van der Waals surface area contributed by atoms with Gasteiger partial charge in [-0.15, -0.1) is 0 Å². The van der Waals surface area contributed by atoms with Crippen molar-refractivity contribution in [3.05, 3.63) is 18.2 Å². The van der Waals surface area contributed by atoms with E-state index in [0.29, 0.717) is 11.8 Å². The first-order valence-electron chi connectivity index (χ1n) is 6.68. The number of pyridine rings is 1. The quantitative estimate of drug-likeness (QED) is 0.854. The van der Waals surface area contributed by atoms with Crippen LogP contribution in [0.3, 0.4) is 0 Å². The van der Waals surface area contributed by atoms with Gasteiger partial charge in [-0.25, -0.2) is 0 Å². The fourth-order valence-electron chi connectivity index (χ4n) is 1.85. The van der Waals surface area contributed by atoms with E-state index in [1.807, 2.05) is 18.2 Å². The molecule has 0 aliphatic carbocycles. The summed E-state index contributed by atoms with van der Waals surface area (Å²) in [6.07, 6.45) is 1.24. The molecule has 0 saturated heterocycles. The van der Waals surface area contributed by atoms with E-state index in [1.165, 1.54) is 0 Å². The van der Waals surface area contributed by atoms with Crippen molar-refractivity contribution in [3.8, 4) is 5.88 Å². The largest absolute Gasteiger partial charge is 0.475 e. The van der Waals surface area contributed by atoms with Gasteiger partial charge in [-0.1, -0.05) is 19.9 Å². The molecule has 0 aliphatic rings. The lowest BCUT2D eigenvalue weighted by Gasteiger charge is -2.22. The Morgan fingerprint density at radius 3 is 2.44 bits per heavy atom. The van der Waals surface area contributed by atoms with E-state index in [-0.39, 0.29) is 11.6 Å². The predicted molar refractivity (Wildman–Crippen MR) is 77.2 cm³/mol. The van der Waals surface area contributed by atoms with Crippen LogP contribution in [0.15, 0.2) is 18.2 Å². The number of nitrogens with one attached hydrogen (secondary N) is 1. The highest BCUT2D eigenvalue weighted by Gasteiger charge is 2.12. The first kappa shape index (κ1) is 14.8. The Morgan fingerprint density at radius 2 is 1.89 bits per heavy atom. The van der Waals surface area contributed by atoms with Gasteiger partial charge >= 0.3 is 0 Å². The molecule has 0 radical (unpaired) electrons. The van der Waals surface area contributed by atoms with Gasteiger partial charge in [-0.05, 0) is 46.1 Å². The third kappa shape index (κ3) is 5.89. The molecule has 18 heavy (non-hydrogen) atoms. The minimum atomic E-state index is 0.00910. The van der Waals surface area contributed by atoms with Crippen LogP contribution in [-0.4, -0.2) is 16.6 Å². The summed E-state index contributed by atoms with van der Waals surface area (Å²) >= 11 is 0. The van der Waals surface area contributed by atoms with Crippen LogP contribution in [0.5, 0.6) is 5.88 Å². The smallest absolute Gasteiger partial charge is 0.215 e. The summed E-state index contributed by atoms with van der Waals surface area (Å²) in [5, 5.41) is 3.34. The number of anilines is 1. The molecule has 3 heteroatoms. The SMILES string of the molecule is CC(C)CC(C)Oc1cccc(NC(C)(C)C)n1. The van der Waals surface area contributed by atoms with Crippen molar-refractivity contribution in [2.24, 2.45) is 5.92 Å². The van der Waals surface area contributed by atoms with Crippen LogP contribution in [0.1, 0.15) is 48.0 Å². The van der Waals surface area contributed by atoms with E-state index < -0.39 is 0 Å². The third-order valence-corrected chi connectivity index (χ3v) is 2.35. The molecule has 1 unspecified atom stereocenters. The lowest BCUT2D eigenvalue weighted by atomic mass is 10.1. The van der Waals surface area contributed by atoms with Crippen LogP contribution in [0.4, 0.5) is 5.82 Å². The maximum Gasteiger partial charge on any atom is 0.215 e. The minimum Gasteiger partial charge on any atom is -0.475 e. The second-order valence-corrected chi connectivity index (χ2v) is 6.29. The maximum atomic E-state index is 5.83. The summed E-state index contributed by atoms with van der Waals surface area (Å²) < 4.78 is 5.83. The zero-order valence-corrected chi connectivity index (χ0v) is 12.4. The molecule has 1 atom stereocenters. The van der Waals surface area contributed by atoms with Crippen molar-refractivity contribution in [1.82, 2.24) is 4.98 Å². The van der Waals surface area contributed by atoms with Crippen molar-refractivity contribution >= 4 is 5.82 Å². The lowest BCUT2D eigenvalue weighted by molar-refractivity contribution is 0.186. The summed E-state index contributed by atoms with van der Waals surface area (Å²) in [5.74, 6) is 2.19. The summed E-state index contributed by atoms with van der Waals surface area (Å²) in [7, 11) is 0. The Labute approximate surface area is 111 Å². The van der Waals surface area contributed by atoms with Gasteiger partial charge < -0.3 is 10.1 Å². The first-order chi connectivity index (χ1) is 8.26. The molecular formula is C15H26N2O. The van der Waals surface area contributed by atoms with E-state index in [2.05, 4.69) is 51.8 Å². The number of aromatic nitrogens is 1. The third-order valence-electron chi connectivity index (χ3n) is 2.35. The molecule has 1 heterocycles. The molecule has 1 aromatic heterocycles. The van der Waals surface area contributed by atoms with Crippen LogP contribution in [0.2, 0.25) is 0 Å². The Morgan fingerprint density at radius 1 is 1.22 bits per heavy atom. The topological polar surface area (TPSA) is 34.1 Å². The first-order valence-corrected chi connectivity index (χ1v) is 6.68. The molecule has 1 aromatic rings. The molecular weight excluding hydrogens is 224 g/mol. The van der Waals surface area contributed by atoms with Crippen LogP contribution >= 0.6 is 0 Å². The maximum absolute atomic E-state index is 5.83. The van der Waals surface area contributed by atoms with E-state index in [0.717, 1.165) is 12.2 Å². The van der Waals surface area contributed by atoms with Gasteiger partial charge in [0.05, 0.1) is 6.10 Å². The van der Waals surface area contributed by atoms with E-state index in [1.54, 1.807) is 0 Å². The fraction of sp³-hybridized carbons (Fsp3) is 0.667. The second-order valence-electron chi connectivity index (χ2n) is 6.29. The van der Waals surface area contributed by atoms with Gasteiger partial charge in [0.2, 0.25) is 5.88 Å². The summed E-state index contributed by atoms with van der Waals surface area (Å²) in [4.78, 5) is 4.47. The van der Waals surface area contributed by atoms with Gasteiger partial charge in [-0.2, -0.15) is 4.98 Å². The zero-order chi connectivity index (χ0) is 13.8. The molecule has 0 bridgehead atoms. The molecule has 1 rings (SSSR count). The summed E-state index contributed by atoms with van der Waals surface area (Å²) in [5.41, 5.74) is 0.00910. The minimum absolute atomic E-state index is 0.00910. The Balaban J connectivity index is 2.65. The van der Waals surface area contributed by atoms with Crippen molar-refractivity contribution in [3.63, 3.8) is 0 Å². The van der Waals surface area contributed by atoms with E-state index in [9.17, 15) is 0 Å². The highest BCUT2D eigenvalue weighted by Crippen LogP contribution is 2.18. The van der Waals surface area contributed by atoms with Gasteiger partial charge in [0.15, 0.2) is 0 Å². The Bertz CT molecular complexity index is 369. The average Bonchev–Trinajstić information content (AvgIpc) is 2.13. The normalized spacial score (nSPS) is 13.5.